The number of methoxy groups -OCH3 is 1. The number of esters is 1. The van der Waals surface area contributed by atoms with Gasteiger partial charge >= 0.3 is 5.97 Å². The molecular weight excluding hydrogens is 356 g/mol. The molecule has 2 aromatic rings. The van der Waals surface area contributed by atoms with Crippen molar-refractivity contribution < 1.29 is 22.4 Å². The minimum atomic E-state index is -3.32. The van der Waals surface area contributed by atoms with Crippen LogP contribution in [0.4, 0.5) is 0 Å². The van der Waals surface area contributed by atoms with E-state index in [4.69, 9.17) is 4.42 Å². The lowest BCUT2D eigenvalue weighted by Gasteiger charge is -2.10. The van der Waals surface area contributed by atoms with Crippen molar-refractivity contribution >= 4 is 16.0 Å². The quantitative estimate of drug-likeness (QED) is 0.647. The maximum Gasteiger partial charge on any atom is 0.373 e. The first-order valence-corrected chi connectivity index (χ1v) is 9.90. The van der Waals surface area contributed by atoms with Crippen molar-refractivity contribution in [3.63, 3.8) is 0 Å². The van der Waals surface area contributed by atoms with Gasteiger partial charge in [-0.1, -0.05) is 24.3 Å². The lowest BCUT2D eigenvalue weighted by molar-refractivity contribution is 0.0563. The van der Waals surface area contributed by atoms with Crippen LogP contribution in [0.15, 0.2) is 40.8 Å². The second-order valence-electron chi connectivity index (χ2n) is 6.21. The molecule has 0 aliphatic rings. The largest absolute Gasteiger partial charge is 0.463 e. The zero-order chi connectivity index (χ0) is 19.2. The highest BCUT2D eigenvalue weighted by atomic mass is 32.2. The zero-order valence-electron chi connectivity index (χ0n) is 15.1. The second-order valence-corrected chi connectivity index (χ2v) is 7.96. The zero-order valence-corrected chi connectivity index (χ0v) is 15.9. The molecule has 7 nitrogen and oxygen atoms in total. The van der Waals surface area contributed by atoms with Crippen LogP contribution in [-0.4, -0.2) is 27.5 Å². The average Bonchev–Trinajstić information content (AvgIpc) is 3.03. The van der Waals surface area contributed by atoms with Crippen LogP contribution in [0.2, 0.25) is 0 Å². The van der Waals surface area contributed by atoms with Gasteiger partial charge in [-0.05, 0) is 37.1 Å². The van der Waals surface area contributed by atoms with E-state index >= 15 is 0 Å². The van der Waals surface area contributed by atoms with Crippen LogP contribution >= 0.6 is 0 Å². The normalized spacial score (nSPS) is 11.7. The van der Waals surface area contributed by atoms with Crippen molar-refractivity contribution in [1.82, 2.24) is 10.0 Å². The summed E-state index contributed by atoms with van der Waals surface area (Å²) in [4.78, 5) is 11.3. The summed E-state index contributed by atoms with van der Waals surface area (Å²) >= 11 is 0. The van der Waals surface area contributed by atoms with Crippen LogP contribution in [0.5, 0.6) is 0 Å². The van der Waals surface area contributed by atoms with E-state index in [1.54, 1.807) is 38.1 Å². The van der Waals surface area contributed by atoms with Gasteiger partial charge in [0.25, 0.3) is 0 Å². The fraction of sp³-hybridized carbons (Fsp3) is 0.389. The molecule has 0 spiro atoms. The molecule has 0 saturated carbocycles. The predicted octanol–water partition coefficient (Wildman–Crippen LogP) is 2.18. The Morgan fingerprint density at radius 3 is 2.35 bits per heavy atom. The highest BCUT2D eigenvalue weighted by Gasteiger charge is 2.13. The fourth-order valence-corrected chi connectivity index (χ4v) is 3.82. The summed E-state index contributed by atoms with van der Waals surface area (Å²) < 4.78 is 36.4. The van der Waals surface area contributed by atoms with Crippen molar-refractivity contribution in [2.24, 2.45) is 0 Å². The van der Waals surface area contributed by atoms with Crippen LogP contribution in [0.3, 0.4) is 0 Å². The van der Waals surface area contributed by atoms with Gasteiger partial charge in [0.15, 0.2) is 0 Å². The number of ether oxygens (including phenoxy) is 1. The van der Waals surface area contributed by atoms with E-state index in [0.717, 1.165) is 11.1 Å². The molecule has 8 heteroatoms. The van der Waals surface area contributed by atoms with E-state index in [1.165, 1.54) is 7.11 Å². The molecule has 1 heterocycles. The third kappa shape index (κ3) is 6.29. The molecule has 26 heavy (non-hydrogen) atoms. The van der Waals surface area contributed by atoms with E-state index in [2.05, 4.69) is 14.8 Å². The maximum absolute atomic E-state index is 11.9. The third-order valence-electron chi connectivity index (χ3n) is 3.47. The Labute approximate surface area is 153 Å². The standard InChI is InChI=1S/C18H24N2O5S/c1-13(2)20-26(22,23)12-15-6-4-14(5-7-15)10-19-11-16-8-9-17(25-16)18(21)24-3/h4-9,13,19-20H,10-12H2,1-3H3. The van der Waals surface area contributed by atoms with Crippen LogP contribution in [-0.2, 0) is 33.6 Å². The summed E-state index contributed by atoms with van der Waals surface area (Å²) in [6.45, 7) is 4.63. The van der Waals surface area contributed by atoms with Gasteiger partial charge in [0, 0.05) is 12.6 Å². The first-order valence-electron chi connectivity index (χ1n) is 8.24. The summed E-state index contributed by atoms with van der Waals surface area (Å²) in [5.74, 6) is 0.258. The molecule has 0 aliphatic heterocycles. The van der Waals surface area contributed by atoms with Gasteiger partial charge in [-0.15, -0.1) is 0 Å². The Kier molecular flexibility index (Phi) is 6.96. The molecule has 2 N–H and O–H groups in total. The van der Waals surface area contributed by atoms with Crippen molar-refractivity contribution in [3.8, 4) is 0 Å². The van der Waals surface area contributed by atoms with Crippen molar-refractivity contribution in [2.45, 2.75) is 38.7 Å². The Morgan fingerprint density at radius 1 is 1.08 bits per heavy atom. The molecule has 1 aromatic heterocycles. The molecule has 2 rings (SSSR count). The number of furan rings is 1. The molecule has 0 saturated heterocycles. The smallest absolute Gasteiger partial charge is 0.373 e. The summed E-state index contributed by atoms with van der Waals surface area (Å²) in [5, 5.41) is 3.21. The highest BCUT2D eigenvalue weighted by molar-refractivity contribution is 7.88. The molecule has 0 radical (unpaired) electrons. The van der Waals surface area contributed by atoms with Crippen molar-refractivity contribution in [1.29, 1.82) is 0 Å². The molecule has 0 atom stereocenters. The summed E-state index contributed by atoms with van der Waals surface area (Å²) in [6, 6.07) is 10.5. The molecule has 0 aliphatic carbocycles. The average molecular weight is 380 g/mol. The van der Waals surface area contributed by atoms with Crippen LogP contribution in [0.25, 0.3) is 0 Å². The fourth-order valence-electron chi connectivity index (χ4n) is 2.39. The number of carbonyl (C=O) groups excluding carboxylic acids is 1. The Hall–Kier alpha value is -2.16. The van der Waals surface area contributed by atoms with E-state index in [1.807, 2.05) is 12.1 Å². The topological polar surface area (TPSA) is 97.6 Å². The van der Waals surface area contributed by atoms with Gasteiger partial charge in [0.05, 0.1) is 19.4 Å². The molecule has 1 aromatic carbocycles. The number of sulfonamides is 1. The summed E-state index contributed by atoms with van der Waals surface area (Å²) in [6.07, 6.45) is 0. The molecule has 0 bridgehead atoms. The van der Waals surface area contributed by atoms with E-state index in [0.29, 0.717) is 18.8 Å². The SMILES string of the molecule is COC(=O)c1ccc(CNCc2ccc(CS(=O)(=O)NC(C)C)cc2)o1. The number of hydrogen-bond acceptors (Lipinski definition) is 6. The Bertz CT molecular complexity index is 826. The number of carbonyl (C=O) groups is 1. The second kappa shape index (κ2) is 8.98. The minimum absolute atomic E-state index is 0.0401. The Balaban J connectivity index is 1.84. The minimum Gasteiger partial charge on any atom is -0.463 e. The maximum atomic E-state index is 11.9. The van der Waals surface area contributed by atoms with Gasteiger partial charge < -0.3 is 14.5 Å². The van der Waals surface area contributed by atoms with Crippen molar-refractivity contribution in [2.75, 3.05) is 7.11 Å². The van der Waals surface area contributed by atoms with E-state index in [9.17, 15) is 13.2 Å². The van der Waals surface area contributed by atoms with Gasteiger partial charge in [0.2, 0.25) is 15.8 Å². The number of rotatable bonds is 9. The van der Waals surface area contributed by atoms with Crippen molar-refractivity contribution in [3.05, 3.63) is 59.0 Å². The lowest BCUT2D eigenvalue weighted by atomic mass is 10.1. The van der Waals surface area contributed by atoms with Crippen LogP contribution in [0, 0.1) is 0 Å². The first-order chi connectivity index (χ1) is 12.3. The summed E-state index contributed by atoms with van der Waals surface area (Å²) in [5.41, 5.74) is 1.75. The van der Waals surface area contributed by atoms with E-state index < -0.39 is 16.0 Å². The monoisotopic (exact) mass is 380 g/mol. The van der Waals surface area contributed by atoms with E-state index in [-0.39, 0.29) is 17.6 Å². The van der Waals surface area contributed by atoms with Gasteiger partial charge in [-0.3, -0.25) is 0 Å². The number of hydrogen-bond donors (Lipinski definition) is 2. The Morgan fingerprint density at radius 2 is 1.73 bits per heavy atom. The highest BCUT2D eigenvalue weighted by Crippen LogP contribution is 2.11. The molecule has 0 fully saturated rings. The molecule has 0 unspecified atom stereocenters. The molecule has 142 valence electrons. The van der Waals surface area contributed by atoms with Crippen LogP contribution in [0.1, 0.15) is 41.3 Å². The lowest BCUT2D eigenvalue weighted by Crippen LogP contribution is -2.31. The number of benzene rings is 1. The molecular formula is C18H24N2O5S. The molecule has 0 amide bonds. The predicted molar refractivity (Wildman–Crippen MR) is 97.9 cm³/mol. The van der Waals surface area contributed by atoms with Crippen LogP contribution < -0.4 is 10.0 Å². The number of nitrogens with one attached hydrogen (secondary N) is 2. The van der Waals surface area contributed by atoms with Gasteiger partial charge in [-0.2, -0.15) is 0 Å². The van der Waals surface area contributed by atoms with Gasteiger partial charge in [-0.25, -0.2) is 17.9 Å². The van der Waals surface area contributed by atoms with Gasteiger partial charge in [0.1, 0.15) is 5.76 Å². The third-order valence-corrected chi connectivity index (χ3v) is 5.02. The first kappa shape index (κ1) is 20.2. The summed E-state index contributed by atoms with van der Waals surface area (Å²) in [7, 11) is -2.02.